The average Bonchev–Trinajstić information content (AvgIpc) is 2.57. The molecule has 1 saturated heterocycles. The second kappa shape index (κ2) is 8.74. The molecule has 1 fully saturated rings. The Hall–Kier alpha value is -1.50. The van der Waals surface area contributed by atoms with Gasteiger partial charge in [-0.15, -0.1) is 0 Å². The van der Waals surface area contributed by atoms with Gasteiger partial charge in [0.1, 0.15) is 0 Å². The zero-order valence-electron chi connectivity index (χ0n) is 15.3. The Balaban J connectivity index is 2.22. The number of likely N-dealkylation sites (tertiary alicyclic amines) is 1. The van der Waals surface area contributed by atoms with Crippen LogP contribution in [0.4, 0.5) is 0 Å². The molecule has 6 nitrogen and oxygen atoms in total. The predicted octanol–water partition coefficient (Wildman–Crippen LogP) is 2.73. The van der Waals surface area contributed by atoms with Crippen LogP contribution in [0.2, 0.25) is 5.02 Å². The molecule has 0 aromatic heterocycles. The van der Waals surface area contributed by atoms with Gasteiger partial charge in [-0.1, -0.05) is 11.6 Å². The number of carbonyl (C=O) groups is 1. The van der Waals surface area contributed by atoms with Crippen LogP contribution >= 0.6 is 11.6 Å². The highest BCUT2D eigenvalue weighted by atomic mass is 35.5. The second-order valence-corrected chi connectivity index (χ2v) is 7.08. The van der Waals surface area contributed by atoms with Gasteiger partial charge in [0, 0.05) is 29.2 Å². The van der Waals surface area contributed by atoms with Crippen LogP contribution in [-0.4, -0.2) is 67.3 Å². The summed E-state index contributed by atoms with van der Waals surface area (Å²) in [7, 11) is 5.74. The fourth-order valence-corrected chi connectivity index (χ4v) is 3.32. The van der Waals surface area contributed by atoms with Crippen LogP contribution in [0.3, 0.4) is 0 Å². The summed E-state index contributed by atoms with van der Waals surface area (Å²) < 4.78 is 11.0. The van der Waals surface area contributed by atoms with E-state index in [9.17, 15) is 4.79 Å². The third-order valence-corrected chi connectivity index (χ3v) is 4.91. The first-order valence-corrected chi connectivity index (χ1v) is 8.84. The number of benzene rings is 1. The number of carboxylic acid groups (broad SMARTS) is 1. The van der Waals surface area contributed by atoms with Gasteiger partial charge in [-0.25, -0.2) is 4.79 Å². The minimum absolute atomic E-state index is 0.446. The van der Waals surface area contributed by atoms with Gasteiger partial charge in [-0.3, -0.25) is 4.90 Å². The second-order valence-electron chi connectivity index (χ2n) is 6.64. The molecule has 0 radical (unpaired) electrons. The molecule has 2 rings (SSSR count). The lowest BCUT2D eigenvalue weighted by Gasteiger charge is -2.35. The maximum Gasteiger partial charge on any atom is 0.344 e. The smallest absolute Gasteiger partial charge is 0.344 e. The van der Waals surface area contributed by atoms with Crippen molar-refractivity contribution in [1.29, 1.82) is 0 Å². The maximum absolute atomic E-state index is 11.2. The van der Waals surface area contributed by atoms with Crippen molar-refractivity contribution in [2.45, 2.75) is 38.5 Å². The average molecular weight is 371 g/mol. The first-order chi connectivity index (χ1) is 11.8. The third kappa shape index (κ3) is 5.23. The van der Waals surface area contributed by atoms with Crippen LogP contribution in [0, 0.1) is 0 Å². The number of ether oxygens (including phenoxy) is 2. The minimum Gasteiger partial charge on any atom is -0.493 e. The van der Waals surface area contributed by atoms with Crippen molar-refractivity contribution in [1.82, 2.24) is 9.80 Å². The molecule has 140 valence electrons. The standard InChI is InChI=1S/C18H27ClN2O4/c1-12(18(22)23)25-17-13(9-14(19)10-16(17)24-4)11-21(3)15-5-7-20(2)8-6-15/h9-10,12,15H,5-8,11H2,1-4H3,(H,22,23)/t12-/m1/s1. The van der Waals surface area contributed by atoms with E-state index in [-0.39, 0.29) is 0 Å². The molecule has 1 aliphatic rings. The molecule has 1 aromatic carbocycles. The molecule has 1 N–H and O–H groups in total. The summed E-state index contributed by atoms with van der Waals surface area (Å²) in [5, 5.41) is 9.70. The monoisotopic (exact) mass is 370 g/mol. The number of piperidine rings is 1. The van der Waals surface area contributed by atoms with Crippen LogP contribution in [0.15, 0.2) is 12.1 Å². The van der Waals surface area contributed by atoms with Crippen molar-refractivity contribution in [3.05, 3.63) is 22.7 Å². The Morgan fingerprint density at radius 3 is 2.64 bits per heavy atom. The zero-order chi connectivity index (χ0) is 18.6. The molecule has 1 atom stereocenters. The third-order valence-electron chi connectivity index (χ3n) is 4.69. The molecule has 1 heterocycles. The number of nitrogens with zero attached hydrogens (tertiary/aromatic N) is 2. The number of rotatable bonds is 7. The Bertz CT molecular complexity index is 603. The molecule has 0 aliphatic carbocycles. The lowest BCUT2D eigenvalue weighted by atomic mass is 10.0. The number of aliphatic carboxylic acids is 1. The van der Waals surface area contributed by atoms with E-state index in [0.29, 0.717) is 29.1 Å². The van der Waals surface area contributed by atoms with E-state index in [1.807, 2.05) is 6.07 Å². The van der Waals surface area contributed by atoms with Crippen molar-refractivity contribution < 1.29 is 19.4 Å². The summed E-state index contributed by atoms with van der Waals surface area (Å²) in [6, 6.07) is 3.94. The van der Waals surface area contributed by atoms with Crippen LogP contribution in [-0.2, 0) is 11.3 Å². The number of halogens is 1. The molecule has 7 heteroatoms. The lowest BCUT2D eigenvalue weighted by molar-refractivity contribution is -0.144. The minimum atomic E-state index is -1.02. The van der Waals surface area contributed by atoms with Crippen molar-refractivity contribution in [2.24, 2.45) is 0 Å². The van der Waals surface area contributed by atoms with Crippen molar-refractivity contribution >= 4 is 17.6 Å². The first-order valence-electron chi connectivity index (χ1n) is 8.46. The Morgan fingerprint density at radius 1 is 1.44 bits per heavy atom. The van der Waals surface area contributed by atoms with Gasteiger partial charge in [0.2, 0.25) is 0 Å². The van der Waals surface area contributed by atoms with Gasteiger partial charge in [-0.05, 0) is 53.0 Å². The highest BCUT2D eigenvalue weighted by molar-refractivity contribution is 6.30. The van der Waals surface area contributed by atoms with E-state index >= 15 is 0 Å². The summed E-state index contributed by atoms with van der Waals surface area (Å²) in [6.07, 6.45) is 1.24. The Labute approximate surface area is 154 Å². The molecule has 0 unspecified atom stereocenters. The van der Waals surface area contributed by atoms with Crippen molar-refractivity contribution in [3.63, 3.8) is 0 Å². The van der Waals surface area contributed by atoms with Crippen molar-refractivity contribution in [2.75, 3.05) is 34.3 Å². The lowest BCUT2D eigenvalue weighted by Crippen LogP contribution is -2.41. The summed E-state index contributed by atoms with van der Waals surface area (Å²) in [6.45, 7) is 4.27. The Kier molecular flexibility index (Phi) is 6.93. The van der Waals surface area contributed by atoms with E-state index in [1.165, 1.54) is 14.0 Å². The number of hydrogen-bond acceptors (Lipinski definition) is 5. The predicted molar refractivity (Wildman–Crippen MR) is 97.7 cm³/mol. The molecule has 0 amide bonds. The van der Waals surface area contributed by atoms with Gasteiger partial charge < -0.3 is 19.5 Å². The summed E-state index contributed by atoms with van der Waals surface area (Å²) in [5.41, 5.74) is 0.832. The van der Waals surface area contributed by atoms with Gasteiger partial charge in [0.05, 0.1) is 7.11 Å². The molecule has 1 aliphatic heterocycles. The van der Waals surface area contributed by atoms with E-state index in [1.54, 1.807) is 6.07 Å². The van der Waals surface area contributed by atoms with Crippen LogP contribution in [0.5, 0.6) is 11.5 Å². The van der Waals surface area contributed by atoms with Gasteiger partial charge >= 0.3 is 5.97 Å². The quantitative estimate of drug-likeness (QED) is 0.796. The molecular formula is C18H27ClN2O4. The zero-order valence-corrected chi connectivity index (χ0v) is 16.0. The van der Waals surface area contributed by atoms with E-state index in [0.717, 1.165) is 31.5 Å². The van der Waals surface area contributed by atoms with Crippen LogP contribution in [0.1, 0.15) is 25.3 Å². The molecular weight excluding hydrogens is 344 g/mol. The van der Waals surface area contributed by atoms with Gasteiger partial charge in [-0.2, -0.15) is 0 Å². The molecule has 0 bridgehead atoms. The number of methoxy groups -OCH3 is 1. The SMILES string of the molecule is COc1cc(Cl)cc(CN(C)C2CCN(C)CC2)c1O[C@H](C)C(=O)O. The van der Waals surface area contributed by atoms with Crippen LogP contribution < -0.4 is 9.47 Å². The Morgan fingerprint density at radius 2 is 2.08 bits per heavy atom. The largest absolute Gasteiger partial charge is 0.493 e. The topological polar surface area (TPSA) is 62.2 Å². The normalized spacial score (nSPS) is 17.5. The van der Waals surface area contributed by atoms with E-state index < -0.39 is 12.1 Å². The number of hydrogen-bond donors (Lipinski definition) is 1. The van der Waals surface area contributed by atoms with Crippen molar-refractivity contribution in [3.8, 4) is 11.5 Å². The fraction of sp³-hybridized carbons (Fsp3) is 0.611. The van der Waals surface area contributed by atoms with Gasteiger partial charge in [0.15, 0.2) is 17.6 Å². The number of carboxylic acids is 1. The van der Waals surface area contributed by atoms with Crippen LogP contribution in [0.25, 0.3) is 0 Å². The summed E-state index contributed by atoms with van der Waals surface area (Å²) in [5.74, 6) is -0.124. The van der Waals surface area contributed by atoms with Gasteiger partial charge in [0.25, 0.3) is 0 Å². The van der Waals surface area contributed by atoms with E-state index in [2.05, 4.69) is 23.9 Å². The molecule has 0 spiro atoms. The summed E-state index contributed by atoms with van der Waals surface area (Å²) >= 11 is 6.21. The molecule has 1 aromatic rings. The molecule has 25 heavy (non-hydrogen) atoms. The highest BCUT2D eigenvalue weighted by Crippen LogP contribution is 2.36. The van der Waals surface area contributed by atoms with E-state index in [4.69, 9.17) is 26.2 Å². The summed E-state index contributed by atoms with van der Waals surface area (Å²) in [4.78, 5) is 15.8. The maximum atomic E-state index is 11.2. The fourth-order valence-electron chi connectivity index (χ4n) is 3.09. The highest BCUT2D eigenvalue weighted by Gasteiger charge is 2.24. The first kappa shape index (κ1) is 19.8. The molecule has 0 saturated carbocycles.